The third-order valence-electron chi connectivity index (χ3n) is 4.34. The van der Waals surface area contributed by atoms with Gasteiger partial charge in [0.1, 0.15) is 12.4 Å². The van der Waals surface area contributed by atoms with Gasteiger partial charge in [0.05, 0.1) is 11.3 Å². The summed E-state index contributed by atoms with van der Waals surface area (Å²) in [6, 6.07) is 24.5. The van der Waals surface area contributed by atoms with Crippen LogP contribution < -0.4 is 10.1 Å². The van der Waals surface area contributed by atoms with Crippen LogP contribution in [0.3, 0.4) is 0 Å². The van der Waals surface area contributed by atoms with E-state index in [1.165, 1.54) is 16.7 Å². The molecule has 3 aromatic rings. The third kappa shape index (κ3) is 6.12. The minimum Gasteiger partial charge on any atom is -0.489 e. The molecule has 0 saturated carbocycles. The van der Waals surface area contributed by atoms with Crippen molar-refractivity contribution in [3.05, 3.63) is 90.0 Å². The Balaban J connectivity index is 1.60. The van der Waals surface area contributed by atoms with Gasteiger partial charge >= 0.3 is 0 Å². The molecule has 154 valence electrons. The summed E-state index contributed by atoms with van der Waals surface area (Å²) in [7, 11) is 3.43. The van der Waals surface area contributed by atoms with Crippen LogP contribution in [0.25, 0.3) is 0 Å². The number of hydrogen-bond acceptors (Lipinski definition) is 4. The van der Waals surface area contributed by atoms with Crippen molar-refractivity contribution in [2.75, 3.05) is 25.2 Å². The van der Waals surface area contributed by atoms with Gasteiger partial charge in [0.15, 0.2) is 0 Å². The van der Waals surface area contributed by atoms with Crippen LogP contribution in [-0.4, -0.2) is 36.6 Å². The highest BCUT2D eigenvalue weighted by Crippen LogP contribution is 2.24. The van der Waals surface area contributed by atoms with E-state index in [-0.39, 0.29) is 17.6 Å². The number of thioether (sulfide) groups is 1. The number of anilines is 1. The van der Waals surface area contributed by atoms with Crippen LogP contribution in [0.5, 0.6) is 5.75 Å². The van der Waals surface area contributed by atoms with E-state index in [4.69, 9.17) is 4.74 Å². The monoisotopic (exact) mass is 420 g/mol. The first-order valence-corrected chi connectivity index (χ1v) is 10.5. The Bertz CT molecular complexity index is 989. The zero-order valence-electron chi connectivity index (χ0n) is 17.0. The Morgan fingerprint density at radius 2 is 1.57 bits per heavy atom. The number of benzene rings is 3. The molecule has 0 aromatic heterocycles. The van der Waals surface area contributed by atoms with Gasteiger partial charge in [-0.25, -0.2) is 0 Å². The zero-order valence-corrected chi connectivity index (χ0v) is 17.8. The van der Waals surface area contributed by atoms with Gasteiger partial charge in [0.25, 0.3) is 5.91 Å². The quantitative estimate of drug-likeness (QED) is 0.537. The molecule has 0 unspecified atom stereocenters. The highest BCUT2D eigenvalue weighted by Gasteiger charge is 2.14. The molecular formula is C24H24N2O3S. The van der Waals surface area contributed by atoms with Crippen molar-refractivity contribution in [3.63, 3.8) is 0 Å². The van der Waals surface area contributed by atoms with Crippen molar-refractivity contribution >= 4 is 29.3 Å². The van der Waals surface area contributed by atoms with Crippen LogP contribution in [0, 0.1) is 0 Å². The Morgan fingerprint density at radius 3 is 2.27 bits per heavy atom. The highest BCUT2D eigenvalue weighted by molar-refractivity contribution is 8.00. The molecule has 0 bridgehead atoms. The van der Waals surface area contributed by atoms with Crippen molar-refractivity contribution in [3.8, 4) is 5.75 Å². The van der Waals surface area contributed by atoms with E-state index in [0.717, 1.165) is 16.2 Å². The Hall–Kier alpha value is -3.25. The first-order valence-electron chi connectivity index (χ1n) is 9.53. The number of carbonyl (C=O) groups is 2. The second-order valence-corrected chi connectivity index (χ2v) is 7.84. The number of nitrogens with zero attached hydrogens (tertiary/aromatic N) is 1. The molecule has 6 heteroatoms. The molecular weight excluding hydrogens is 396 g/mol. The maximum absolute atomic E-state index is 12.8. The molecule has 0 aliphatic rings. The van der Waals surface area contributed by atoms with Crippen molar-refractivity contribution in [1.29, 1.82) is 0 Å². The van der Waals surface area contributed by atoms with Crippen molar-refractivity contribution in [2.45, 2.75) is 11.5 Å². The molecule has 2 amide bonds. The van der Waals surface area contributed by atoms with E-state index >= 15 is 0 Å². The predicted octanol–water partition coefficient (Wildman–Crippen LogP) is 4.70. The first-order chi connectivity index (χ1) is 14.5. The lowest BCUT2D eigenvalue weighted by Crippen LogP contribution is -2.23. The topological polar surface area (TPSA) is 58.6 Å². The van der Waals surface area contributed by atoms with Crippen molar-refractivity contribution in [2.24, 2.45) is 0 Å². The Morgan fingerprint density at radius 1 is 0.900 bits per heavy atom. The molecule has 0 aliphatic heterocycles. The van der Waals surface area contributed by atoms with E-state index in [1.54, 1.807) is 20.2 Å². The SMILES string of the molecule is CN(C)C(=O)CSc1ccccc1C(=O)Nc1ccc(OCc2ccccc2)cc1. The second kappa shape index (κ2) is 10.5. The van der Waals surface area contributed by atoms with Gasteiger partial charge in [-0.3, -0.25) is 9.59 Å². The average molecular weight is 421 g/mol. The van der Waals surface area contributed by atoms with Crippen molar-refractivity contribution in [1.82, 2.24) is 4.90 Å². The zero-order chi connectivity index (χ0) is 21.3. The van der Waals surface area contributed by atoms with Gasteiger partial charge in [-0.15, -0.1) is 11.8 Å². The maximum atomic E-state index is 12.8. The van der Waals surface area contributed by atoms with Crippen LogP contribution in [0.1, 0.15) is 15.9 Å². The average Bonchev–Trinajstić information content (AvgIpc) is 2.77. The maximum Gasteiger partial charge on any atom is 0.256 e. The van der Waals surface area contributed by atoms with Gasteiger partial charge in [0.2, 0.25) is 5.91 Å². The minimum absolute atomic E-state index is 0.00121. The van der Waals surface area contributed by atoms with Gasteiger partial charge < -0.3 is 15.0 Å². The third-order valence-corrected chi connectivity index (χ3v) is 5.40. The summed E-state index contributed by atoms with van der Waals surface area (Å²) in [5.74, 6) is 0.801. The fourth-order valence-corrected chi connectivity index (χ4v) is 3.65. The molecule has 5 nitrogen and oxygen atoms in total. The molecule has 0 radical (unpaired) electrons. The fraction of sp³-hybridized carbons (Fsp3) is 0.167. The molecule has 0 spiro atoms. The summed E-state index contributed by atoms with van der Waals surface area (Å²) < 4.78 is 5.78. The Labute approximate surface area is 181 Å². The molecule has 0 heterocycles. The summed E-state index contributed by atoms with van der Waals surface area (Å²) >= 11 is 1.36. The summed E-state index contributed by atoms with van der Waals surface area (Å²) in [5.41, 5.74) is 2.31. The van der Waals surface area contributed by atoms with Crippen molar-refractivity contribution < 1.29 is 14.3 Å². The number of hydrogen-bond donors (Lipinski definition) is 1. The van der Waals surface area contributed by atoms with E-state index in [2.05, 4.69) is 5.32 Å². The number of rotatable bonds is 8. The summed E-state index contributed by atoms with van der Waals surface area (Å²) in [4.78, 5) is 26.9. The van der Waals surface area contributed by atoms with Gasteiger partial charge in [-0.2, -0.15) is 0 Å². The molecule has 0 atom stereocenters. The summed E-state index contributed by atoms with van der Waals surface area (Å²) in [5, 5.41) is 2.91. The van der Waals surface area contributed by atoms with Crippen LogP contribution >= 0.6 is 11.8 Å². The van der Waals surface area contributed by atoms with E-state index in [9.17, 15) is 9.59 Å². The van der Waals surface area contributed by atoms with Crippen LogP contribution in [0.15, 0.2) is 83.8 Å². The lowest BCUT2D eigenvalue weighted by atomic mass is 10.2. The minimum atomic E-state index is -0.214. The number of carbonyl (C=O) groups excluding carboxylic acids is 2. The summed E-state index contributed by atoms with van der Waals surface area (Å²) in [6.07, 6.45) is 0. The van der Waals surface area contributed by atoms with E-state index < -0.39 is 0 Å². The van der Waals surface area contributed by atoms with Gasteiger partial charge in [0, 0.05) is 24.7 Å². The highest BCUT2D eigenvalue weighted by atomic mass is 32.2. The lowest BCUT2D eigenvalue weighted by Gasteiger charge is -2.12. The fourth-order valence-electron chi connectivity index (χ4n) is 2.62. The lowest BCUT2D eigenvalue weighted by molar-refractivity contribution is -0.125. The standard InChI is InChI=1S/C24H24N2O3S/c1-26(2)23(27)17-30-22-11-7-6-10-21(22)24(28)25-19-12-14-20(15-13-19)29-16-18-8-4-3-5-9-18/h3-15H,16-17H2,1-2H3,(H,25,28). The molecule has 1 N–H and O–H groups in total. The number of ether oxygens (including phenoxy) is 1. The van der Waals surface area contributed by atoms with Gasteiger partial charge in [-0.05, 0) is 42.0 Å². The number of amides is 2. The normalized spacial score (nSPS) is 10.3. The molecule has 3 rings (SSSR count). The van der Waals surface area contributed by atoms with E-state index in [1.807, 2.05) is 72.8 Å². The second-order valence-electron chi connectivity index (χ2n) is 6.83. The summed E-state index contributed by atoms with van der Waals surface area (Å²) in [6.45, 7) is 0.489. The molecule has 3 aromatic carbocycles. The molecule has 0 saturated heterocycles. The molecule has 0 aliphatic carbocycles. The molecule has 30 heavy (non-hydrogen) atoms. The van der Waals surface area contributed by atoms with Gasteiger partial charge in [-0.1, -0.05) is 42.5 Å². The smallest absolute Gasteiger partial charge is 0.256 e. The van der Waals surface area contributed by atoms with Crippen LogP contribution in [0.4, 0.5) is 5.69 Å². The largest absolute Gasteiger partial charge is 0.489 e. The predicted molar refractivity (Wildman–Crippen MR) is 121 cm³/mol. The van der Waals surface area contributed by atoms with Crippen LogP contribution in [-0.2, 0) is 11.4 Å². The molecule has 0 fully saturated rings. The van der Waals surface area contributed by atoms with Crippen LogP contribution in [0.2, 0.25) is 0 Å². The Kier molecular flexibility index (Phi) is 7.51. The first kappa shape index (κ1) is 21.5. The number of nitrogens with one attached hydrogen (secondary N) is 1. The van der Waals surface area contributed by atoms with E-state index in [0.29, 0.717) is 17.9 Å².